The smallest absolute Gasteiger partial charge is 0.341 e. The van der Waals surface area contributed by atoms with Gasteiger partial charge in [0.2, 0.25) is 5.91 Å². The van der Waals surface area contributed by atoms with Crippen molar-refractivity contribution in [3.8, 4) is 0 Å². The van der Waals surface area contributed by atoms with Gasteiger partial charge in [-0.2, -0.15) is 13.2 Å². The Morgan fingerprint density at radius 2 is 1.95 bits per heavy atom. The summed E-state index contributed by atoms with van der Waals surface area (Å²) in [5, 5.41) is 3.20. The zero-order valence-corrected chi connectivity index (χ0v) is 11.6. The first-order chi connectivity index (χ1) is 9.46. The average Bonchev–Trinajstić information content (AvgIpc) is 2.63. The third-order valence-corrected chi connectivity index (χ3v) is 3.95. The van der Waals surface area contributed by atoms with E-state index in [1.807, 2.05) is 0 Å². The summed E-state index contributed by atoms with van der Waals surface area (Å²) >= 11 is 0. The van der Waals surface area contributed by atoms with Gasteiger partial charge in [-0.25, -0.2) is 0 Å². The highest BCUT2D eigenvalue weighted by Crippen LogP contribution is 2.19. The van der Waals surface area contributed by atoms with Crippen LogP contribution in [0.15, 0.2) is 0 Å². The van der Waals surface area contributed by atoms with Gasteiger partial charge < -0.3 is 10.2 Å². The molecule has 116 valence electrons. The van der Waals surface area contributed by atoms with Crippen LogP contribution in [0.2, 0.25) is 0 Å². The Labute approximate surface area is 117 Å². The predicted octanol–water partition coefficient (Wildman–Crippen LogP) is 1.08. The maximum absolute atomic E-state index is 12.4. The number of amides is 1. The summed E-state index contributed by atoms with van der Waals surface area (Å²) in [7, 11) is 0. The summed E-state index contributed by atoms with van der Waals surface area (Å²) in [6, 6.07) is 0. The number of nitrogens with one attached hydrogen (secondary N) is 1. The van der Waals surface area contributed by atoms with E-state index in [0.717, 1.165) is 19.4 Å². The first kappa shape index (κ1) is 15.6. The normalized spacial score (nSPS) is 26.4. The van der Waals surface area contributed by atoms with E-state index in [1.165, 1.54) is 4.90 Å². The molecule has 2 aliphatic rings. The number of carbonyl (C=O) groups excluding carboxylic acids is 1. The van der Waals surface area contributed by atoms with E-state index in [9.17, 15) is 18.0 Å². The Morgan fingerprint density at radius 3 is 2.60 bits per heavy atom. The van der Waals surface area contributed by atoms with Crippen LogP contribution in [0.3, 0.4) is 0 Å². The highest BCUT2D eigenvalue weighted by molar-refractivity contribution is 5.79. The Kier molecular flexibility index (Phi) is 5.26. The Morgan fingerprint density at radius 1 is 1.15 bits per heavy atom. The molecule has 0 bridgehead atoms. The second-order valence-electron chi connectivity index (χ2n) is 5.61. The van der Waals surface area contributed by atoms with Crippen molar-refractivity contribution in [3.63, 3.8) is 0 Å². The summed E-state index contributed by atoms with van der Waals surface area (Å²) in [5.74, 6) is 0.101. The first-order valence-electron chi connectivity index (χ1n) is 7.24. The Hall–Kier alpha value is -0.820. The van der Waals surface area contributed by atoms with Crippen molar-refractivity contribution in [1.29, 1.82) is 0 Å². The van der Waals surface area contributed by atoms with Crippen LogP contribution in [0.5, 0.6) is 0 Å². The molecule has 0 aliphatic carbocycles. The van der Waals surface area contributed by atoms with Crippen molar-refractivity contribution in [1.82, 2.24) is 15.1 Å². The van der Waals surface area contributed by atoms with Gasteiger partial charge >= 0.3 is 6.18 Å². The highest BCUT2D eigenvalue weighted by atomic mass is 19.4. The van der Waals surface area contributed by atoms with E-state index < -0.39 is 12.7 Å². The summed E-state index contributed by atoms with van der Waals surface area (Å²) in [6.07, 6.45) is -1.67. The van der Waals surface area contributed by atoms with E-state index in [1.54, 1.807) is 4.90 Å². The number of hydrogen-bond acceptors (Lipinski definition) is 3. The number of halogens is 3. The van der Waals surface area contributed by atoms with Gasteiger partial charge in [-0.1, -0.05) is 0 Å². The molecule has 0 spiro atoms. The van der Waals surface area contributed by atoms with Crippen molar-refractivity contribution < 1.29 is 18.0 Å². The molecular weight excluding hydrogens is 271 g/mol. The fraction of sp³-hybridized carbons (Fsp3) is 0.923. The number of alkyl halides is 3. The van der Waals surface area contributed by atoms with Crippen LogP contribution in [0, 0.1) is 5.92 Å². The zero-order valence-electron chi connectivity index (χ0n) is 11.6. The van der Waals surface area contributed by atoms with Crippen molar-refractivity contribution in [2.24, 2.45) is 5.92 Å². The van der Waals surface area contributed by atoms with Crippen molar-refractivity contribution in [2.45, 2.75) is 25.4 Å². The second-order valence-corrected chi connectivity index (χ2v) is 5.61. The summed E-state index contributed by atoms with van der Waals surface area (Å²) < 4.78 is 37.2. The summed E-state index contributed by atoms with van der Waals surface area (Å²) in [6.45, 7) is 2.47. The Bertz CT molecular complexity index is 329. The fourth-order valence-corrected chi connectivity index (χ4v) is 2.92. The summed E-state index contributed by atoms with van der Waals surface area (Å²) in [4.78, 5) is 15.5. The Balaban J connectivity index is 1.84. The van der Waals surface area contributed by atoms with E-state index in [-0.39, 0.29) is 11.8 Å². The quantitative estimate of drug-likeness (QED) is 0.827. The lowest BCUT2D eigenvalue weighted by molar-refractivity contribution is -0.145. The molecule has 0 aromatic heterocycles. The monoisotopic (exact) mass is 293 g/mol. The number of piperidine rings is 1. The molecule has 7 heteroatoms. The average molecular weight is 293 g/mol. The third-order valence-electron chi connectivity index (χ3n) is 3.95. The summed E-state index contributed by atoms with van der Waals surface area (Å²) in [5.41, 5.74) is 0. The van der Waals surface area contributed by atoms with Gasteiger partial charge in [0.25, 0.3) is 0 Å². The molecular formula is C13H22F3N3O. The largest absolute Gasteiger partial charge is 0.401 e. The van der Waals surface area contributed by atoms with Crippen LogP contribution >= 0.6 is 0 Å². The van der Waals surface area contributed by atoms with Gasteiger partial charge in [0.05, 0.1) is 12.5 Å². The van der Waals surface area contributed by atoms with Gasteiger partial charge in [0, 0.05) is 32.7 Å². The number of carbonyl (C=O) groups is 1. The molecule has 1 atom stereocenters. The zero-order chi connectivity index (χ0) is 14.6. The van der Waals surface area contributed by atoms with Gasteiger partial charge in [0.1, 0.15) is 0 Å². The SMILES string of the molecule is O=C(C1CCCNC1)N1CCCN(CC(F)(F)F)CC1. The minimum absolute atomic E-state index is 0.00193. The van der Waals surface area contributed by atoms with Crippen LogP contribution in [0.4, 0.5) is 13.2 Å². The molecule has 0 saturated carbocycles. The standard InChI is InChI=1S/C13H22F3N3O/c14-13(15,16)10-18-5-2-6-19(8-7-18)12(20)11-3-1-4-17-9-11/h11,17H,1-10H2. The minimum atomic E-state index is -4.16. The molecule has 20 heavy (non-hydrogen) atoms. The molecule has 1 amide bonds. The minimum Gasteiger partial charge on any atom is -0.341 e. The van der Waals surface area contributed by atoms with Gasteiger partial charge in [-0.05, 0) is 25.8 Å². The topological polar surface area (TPSA) is 35.6 Å². The molecule has 2 fully saturated rings. The predicted molar refractivity (Wildman–Crippen MR) is 69.3 cm³/mol. The van der Waals surface area contributed by atoms with E-state index in [2.05, 4.69) is 5.32 Å². The molecule has 2 aliphatic heterocycles. The third kappa shape index (κ3) is 4.63. The van der Waals surface area contributed by atoms with Crippen molar-refractivity contribution in [2.75, 3.05) is 45.8 Å². The van der Waals surface area contributed by atoms with Gasteiger partial charge in [-0.15, -0.1) is 0 Å². The van der Waals surface area contributed by atoms with Crippen LogP contribution in [-0.4, -0.2) is 67.7 Å². The molecule has 1 N–H and O–H groups in total. The maximum atomic E-state index is 12.4. The molecule has 0 aromatic carbocycles. The van der Waals surface area contributed by atoms with Gasteiger partial charge in [-0.3, -0.25) is 9.69 Å². The lowest BCUT2D eigenvalue weighted by atomic mass is 9.98. The lowest BCUT2D eigenvalue weighted by Gasteiger charge is -2.29. The van der Waals surface area contributed by atoms with Crippen LogP contribution in [0.25, 0.3) is 0 Å². The fourth-order valence-electron chi connectivity index (χ4n) is 2.92. The highest BCUT2D eigenvalue weighted by Gasteiger charge is 2.33. The van der Waals surface area contributed by atoms with Gasteiger partial charge in [0.15, 0.2) is 0 Å². The van der Waals surface area contributed by atoms with Crippen LogP contribution < -0.4 is 5.32 Å². The maximum Gasteiger partial charge on any atom is 0.401 e. The first-order valence-corrected chi connectivity index (χ1v) is 7.24. The van der Waals surface area contributed by atoms with Crippen molar-refractivity contribution >= 4 is 5.91 Å². The van der Waals surface area contributed by atoms with Crippen LogP contribution in [-0.2, 0) is 4.79 Å². The molecule has 2 heterocycles. The van der Waals surface area contributed by atoms with Crippen LogP contribution in [0.1, 0.15) is 19.3 Å². The van der Waals surface area contributed by atoms with Crippen molar-refractivity contribution in [3.05, 3.63) is 0 Å². The second kappa shape index (κ2) is 6.76. The van der Waals surface area contributed by atoms with E-state index in [4.69, 9.17) is 0 Å². The molecule has 2 saturated heterocycles. The number of nitrogens with zero attached hydrogens (tertiary/aromatic N) is 2. The lowest BCUT2D eigenvalue weighted by Crippen LogP contribution is -2.44. The molecule has 4 nitrogen and oxygen atoms in total. The molecule has 2 rings (SSSR count). The molecule has 0 radical (unpaired) electrons. The molecule has 0 aromatic rings. The number of hydrogen-bond donors (Lipinski definition) is 1. The molecule has 1 unspecified atom stereocenters. The number of rotatable bonds is 2. The van der Waals surface area contributed by atoms with E-state index >= 15 is 0 Å². The van der Waals surface area contributed by atoms with E-state index in [0.29, 0.717) is 39.1 Å².